The molecule has 0 fully saturated rings. The van der Waals surface area contributed by atoms with Crippen LogP contribution in [0.2, 0.25) is 0 Å². The lowest BCUT2D eigenvalue weighted by Crippen LogP contribution is -3.05. The van der Waals surface area contributed by atoms with Gasteiger partial charge in [-0.1, -0.05) is 30.4 Å². The normalized spacial score (nSPS) is 11.4. The maximum atomic E-state index is 14.2. The summed E-state index contributed by atoms with van der Waals surface area (Å²) >= 11 is 1.37. The van der Waals surface area contributed by atoms with Crippen molar-refractivity contribution < 1.29 is 18.5 Å². The first-order valence-electron chi connectivity index (χ1n) is 9.35. The van der Waals surface area contributed by atoms with Crippen LogP contribution in [0.25, 0.3) is 10.2 Å². The number of nitrogens with one attached hydrogen (secondary N) is 1. The largest absolute Gasteiger partial charge is 0.340 e. The molecule has 0 unspecified atom stereocenters. The molecule has 0 saturated heterocycles. The molecule has 148 valence electrons. The Morgan fingerprint density at radius 2 is 1.89 bits per heavy atom. The summed E-state index contributed by atoms with van der Waals surface area (Å²) < 4.78 is 29.4. The van der Waals surface area contributed by atoms with Gasteiger partial charge in [0, 0.05) is 13.0 Å². The van der Waals surface area contributed by atoms with Crippen LogP contribution < -0.4 is 9.80 Å². The highest BCUT2D eigenvalue weighted by Gasteiger charge is 2.26. The van der Waals surface area contributed by atoms with E-state index >= 15 is 0 Å². The number of hydrogen-bond donors (Lipinski definition) is 1. The molecule has 0 saturated carbocycles. The second kappa shape index (κ2) is 8.75. The van der Waals surface area contributed by atoms with Gasteiger partial charge in [-0.05, 0) is 36.2 Å². The first-order valence-corrected chi connectivity index (χ1v) is 10.2. The van der Waals surface area contributed by atoms with Crippen molar-refractivity contribution in [3.63, 3.8) is 0 Å². The van der Waals surface area contributed by atoms with E-state index in [9.17, 15) is 13.6 Å². The second-order valence-corrected chi connectivity index (χ2v) is 8.03. The average molecular weight is 405 g/mol. The first kappa shape index (κ1) is 20.4. The van der Waals surface area contributed by atoms with Gasteiger partial charge in [-0.3, -0.25) is 9.69 Å². The monoisotopic (exact) mass is 404 g/mol. The molecule has 1 aromatic heterocycles. The van der Waals surface area contributed by atoms with Crippen LogP contribution in [0.4, 0.5) is 13.9 Å². The fourth-order valence-electron chi connectivity index (χ4n) is 3.00. The van der Waals surface area contributed by atoms with Gasteiger partial charge >= 0.3 is 0 Å². The number of carbonyl (C=O) groups excluding carboxylic acids is 1. The van der Waals surface area contributed by atoms with E-state index in [0.717, 1.165) is 35.3 Å². The minimum absolute atomic E-state index is 0.345. The zero-order valence-electron chi connectivity index (χ0n) is 16.3. The van der Waals surface area contributed by atoms with Crippen molar-refractivity contribution in [3.05, 3.63) is 59.2 Å². The van der Waals surface area contributed by atoms with E-state index in [1.54, 1.807) is 0 Å². The maximum Gasteiger partial charge on any atom is 0.266 e. The van der Waals surface area contributed by atoms with Crippen molar-refractivity contribution in [2.75, 3.05) is 32.1 Å². The van der Waals surface area contributed by atoms with Crippen LogP contribution in [-0.2, 0) is 6.42 Å². The molecule has 28 heavy (non-hydrogen) atoms. The lowest BCUT2D eigenvalue weighted by molar-refractivity contribution is -0.858. The molecule has 0 aliphatic carbocycles. The number of amides is 1. The van der Waals surface area contributed by atoms with Gasteiger partial charge < -0.3 is 4.90 Å². The summed E-state index contributed by atoms with van der Waals surface area (Å²) in [4.78, 5) is 20.3. The van der Waals surface area contributed by atoms with E-state index in [4.69, 9.17) is 0 Å². The third-order valence-corrected chi connectivity index (χ3v) is 5.60. The standard InChI is InChI=1S/C21H23F2N3OS/c1-4-14-9-10-17-18(13-14)28-21(24-17)26(12-6-11-25(2)3)20(27)19-15(22)7-5-8-16(19)23/h5,7-10,13H,4,6,11-12H2,1-3H3/p+1. The molecule has 3 rings (SSSR count). The Morgan fingerprint density at radius 3 is 2.54 bits per heavy atom. The number of thiazole rings is 1. The van der Waals surface area contributed by atoms with E-state index in [0.29, 0.717) is 18.1 Å². The van der Waals surface area contributed by atoms with E-state index in [1.165, 1.54) is 32.8 Å². The number of nitrogens with zero attached hydrogens (tertiary/aromatic N) is 2. The van der Waals surface area contributed by atoms with Gasteiger partial charge in [0.15, 0.2) is 5.13 Å². The van der Waals surface area contributed by atoms with Crippen molar-refractivity contribution in [2.24, 2.45) is 0 Å². The number of fused-ring (bicyclic) bond motifs is 1. The van der Waals surface area contributed by atoms with E-state index < -0.39 is 23.1 Å². The smallest absolute Gasteiger partial charge is 0.266 e. The number of halogens is 2. The Balaban J connectivity index is 2.00. The zero-order valence-corrected chi connectivity index (χ0v) is 17.1. The summed E-state index contributed by atoms with van der Waals surface area (Å²) in [5.74, 6) is -2.41. The summed E-state index contributed by atoms with van der Waals surface area (Å²) in [6, 6.07) is 9.43. The van der Waals surface area contributed by atoms with Crippen molar-refractivity contribution in [3.8, 4) is 0 Å². The lowest BCUT2D eigenvalue weighted by Gasteiger charge is -2.21. The number of anilines is 1. The second-order valence-electron chi connectivity index (χ2n) is 7.02. The van der Waals surface area contributed by atoms with Gasteiger partial charge in [-0.2, -0.15) is 0 Å². The van der Waals surface area contributed by atoms with E-state index in [2.05, 4.69) is 11.9 Å². The van der Waals surface area contributed by atoms with Crippen LogP contribution in [0, 0.1) is 11.6 Å². The zero-order chi connectivity index (χ0) is 20.3. The molecular formula is C21H24F2N3OS+. The highest BCUT2D eigenvalue weighted by Crippen LogP contribution is 2.31. The van der Waals surface area contributed by atoms with Crippen LogP contribution in [0.15, 0.2) is 36.4 Å². The molecule has 0 spiro atoms. The predicted octanol–water partition coefficient (Wildman–Crippen LogP) is 3.32. The minimum atomic E-state index is -0.859. The summed E-state index contributed by atoms with van der Waals surface area (Å²) in [5, 5.41) is 0.463. The summed E-state index contributed by atoms with van der Waals surface area (Å²) in [6.07, 6.45) is 1.60. The van der Waals surface area contributed by atoms with Gasteiger partial charge in [0.1, 0.15) is 17.2 Å². The fourth-order valence-corrected chi connectivity index (χ4v) is 4.06. The van der Waals surface area contributed by atoms with Crippen molar-refractivity contribution >= 4 is 32.6 Å². The lowest BCUT2D eigenvalue weighted by atomic mass is 10.1. The number of hydrogen-bond acceptors (Lipinski definition) is 3. The van der Waals surface area contributed by atoms with Gasteiger partial charge in [0.25, 0.3) is 5.91 Å². The molecule has 1 amide bonds. The third-order valence-electron chi connectivity index (χ3n) is 4.56. The Bertz CT molecular complexity index is 967. The minimum Gasteiger partial charge on any atom is -0.340 e. The fraction of sp³-hybridized carbons (Fsp3) is 0.333. The maximum absolute atomic E-state index is 14.2. The number of benzene rings is 2. The molecule has 7 heteroatoms. The van der Waals surface area contributed by atoms with Crippen LogP contribution in [0.1, 0.15) is 29.3 Å². The van der Waals surface area contributed by atoms with E-state index in [1.807, 2.05) is 32.3 Å². The Hall–Kier alpha value is -2.38. The highest BCUT2D eigenvalue weighted by atomic mass is 32.1. The van der Waals surface area contributed by atoms with Crippen molar-refractivity contribution in [1.29, 1.82) is 0 Å². The molecule has 4 nitrogen and oxygen atoms in total. The van der Waals surface area contributed by atoms with Gasteiger partial charge in [-0.15, -0.1) is 0 Å². The Morgan fingerprint density at radius 1 is 1.18 bits per heavy atom. The first-order chi connectivity index (χ1) is 13.4. The van der Waals surface area contributed by atoms with E-state index in [-0.39, 0.29) is 0 Å². The van der Waals surface area contributed by atoms with Crippen LogP contribution in [-0.4, -0.2) is 38.1 Å². The quantitative estimate of drug-likeness (QED) is 0.656. The molecular weight excluding hydrogens is 380 g/mol. The number of rotatable bonds is 7. The van der Waals surface area contributed by atoms with Crippen molar-refractivity contribution in [2.45, 2.75) is 19.8 Å². The van der Waals surface area contributed by atoms with Crippen molar-refractivity contribution in [1.82, 2.24) is 4.98 Å². The topological polar surface area (TPSA) is 37.6 Å². The number of aryl methyl sites for hydroxylation is 1. The Labute approximate surface area is 167 Å². The number of quaternary nitrogens is 1. The average Bonchev–Trinajstić information content (AvgIpc) is 3.07. The number of carbonyl (C=O) groups is 1. The SMILES string of the molecule is CCc1ccc2nc(N(CCC[NH+](C)C)C(=O)c3c(F)cccc3F)sc2c1. The molecule has 0 aliphatic heterocycles. The molecule has 1 N–H and O–H groups in total. The molecule has 0 bridgehead atoms. The summed E-state index contributed by atoms with van der Waals surface area (Å²) in [5.41, 5.74) is 1.42. The van der Waals surface area contributed by atoms with Crippen LogP contribution in [0.5, 0.6) is 0 Å². The van der Waals surface area contributed by atoms with Gasteiger partial charge in [0.05, 0.1) is 30.9 Å². The molecule has 3 aromatic rings. The molecule has 1 heterocycles. The number of aromatic nitrogens is 1. The van der Waals surface area contributed by atoms with Crippen LogP contribution >= 0.6 is 11.3 Å². The molecule has 0 aliphatic rings. The van der Waals surface area contributed by atoms with Gasteiger partial charge in [0.2, 0.25) is 0 Å². The van der Waals surface area contributed by atoms with Crippen LogP contribution in [0.3, 0.4) is 0 Å². The Kier molecular flexibility index (Phi) is 6.36. The summed E-state index contributed by atoms with van der Waals surface area (Å²) in [7, 11) is 4.04. The van der Waals surface area contributed by atoms with Gasteiger partial charge in [-0.25, -0.2) is 13.8 Å². The predicted molar refractivity (Wildman–Crippen MR) is 109 cm³/mol. The molecule has 2 aromatic carbocycles. The molecule has 0 atom stereocenters. The highest BCUT2D eigenvalue weighted by molar-refractivity contribution is 7.22. The summed E-state index contributed by atoms with van der Waals surface area (Å²) in [6.45, 7) is 3.25. The third kappa shape index (κ3) is 4.36. The molecule has 0 radical (unpaired) electrons.